The van der Waals surface area contributed by atoms with Crippen LogP contribution in [-0.4, -0.2) is 35.8 Å². The third-order valence-electron chi connectivity index (χ3n) is 5.29. The zero-order valence-corrected chi connectivity index (χ0v) is 17.5. The number of hydrogen-bond donors (Lipinski definition) is 1. The van der Waals surface area contributed by atoms with Crippen molar-refractivity contribution in [3.63, 3.8) is 0 Å². The van der Waals surface area contributed by atoms with Gasteiger partial charge in [0.25, 0.3) is 5.43 Å². The molecular weight excluding hydrogens is 402 g/mol. The van der Waals surface area contributed by atoms with E-state index >= 15 is 0 Å². The summed E-state index contributed by atoms with van der Waals surface area (Å²) in [6, 6.07) is 9.61. The predicted octanol–water partition coefficient (Wildman–Crippen LogP) is 2.94. The molecule has 0 radical (unpaired) electrons. The second kappa shape index (κ2) is 10.00. The van der Waals surface area contributed by atoms with Gasteiger partial charge in [-0.3, -0.25) is 4.79 Å². The van der Waals surface area contributed by atoms with Crippen LogP contribution in [0.3, 0.4) is 0 Å². The van der Waals surface area contributed by atoms with Gasteiger partial charge >= 0.3 is 0 Å². The van der Waals surface area contributed by atoms with Crippen LogP contribution in [0.5, 0.6) is 11.5 Å². The Morgan fingerprint density at radius 2 is 2.03 bits per heavy atom. The highest BCUT2D eigenvalue weighted by atomic mass is 17.2. The van der Waals surface area contributed by atoms with Crippen LogP contribution in [-0.2, 0) is 27.7 Å². The van der Waals surface area contributed by atoms with Crippen LogP contribution in [0.15, 0.2) is 41.2 Å². The average Bonchev–Trinajstić information content (AvgIpc) is 3.33. The van der Waals surface area contributed by atoms with E-state index in [0.29, 0.717) is 30.2 Å². The van der Waals surface area contributed by atoms with Gasteiger partial charge in [-0.25, -0.2) is 0 Å². The number of aromatic nitrogens is 1. The first kappa shape index (κ1) is 21.4. The van der Waals surface area contributed by atoms with Crippen molar-refractivity contribution in [3.05, 3.63) is 63.6 Å². The second-order valence-electron chi connectivity index (χ2n) is 7.42. The maximum atomic E-state index is 13.5. The summed E-state index contributed by atoms with van der Waals surface area (Å²) in [6.45, 7) is 2.94. The molecule has 2 aliphatic rings. The third-order valence-corrected chi connectivity index (χ3v) is 5.29. The monoisotopic (exact) mass is 429 g/mol. The van der Waals surface area contributed by atoms with Gasteiger partial charge in [-0.05, 0) is 31.4 Å². The zero-order chi connectivity index (χ0) is 21.6. The van der Waals surface area contributed by atoms with E-state index in [1.54, 1.807) is 17.6 Å². The zero-order valence-electron chi connectivity index (χ0n) is 17.5. The minimum Gasteiger partial charge on any atom is -0.483 e. The fourth-order valence-corrected chi connectivity index (χ4v) is 3.73. The Morgan fingerprint density at radius 3 is 2.71 bits per heavy atom. The number of benzene rings is 1. The number of pyridine rings is 1. The molecule has 0 aliphatic carbocycles. The van der Waals surface area contributed by atoms with Gasteiger partial charge < -0.3 is 28.8 Å². The van der Waals surface area contributed by atoms with Crippen molar-refractivity contribution in [2.75, 3.05) is 19.8 Å². The molecule has 1 fully saturated rings. The largest absolute Gasteiger partial charge is 0.483 e. The maximum absolute atomic E-state index is 13.5. The van der Waals surface area contributed by atoms with Gasteiger partial charge in [-0.2, -0.15) is 4.89 Å². The van der Waals surface area contributed by atoms with Crippen LogP contribution >= 0.6 is 0 Å². The standard InChI is InChI=1S/C23H27NO7/c1-16-22(28-15-17-7-3-2-4-8-17)21(26)23(30-19-9-5-6-13-27-19)20(24(16)11-12-25)18-10-14-29-31-18/h2-4,7-8,10,19,25H,5-6,9,11-15H2,1H3. The van der Waals surface area contributed by atoms with Crippen molar-refractivity contribution in [3.8, 4) is 11.5 Å². The smallest absolute Gasteiger partial charge is 0.266 e. The molecule has 3 heterocycles. The second-order valence-corrected chi connectivity index (χ2v) is 7.42. The molecule has 2 aromatic rings. The molecule has 0 saturated carbocycles. The number of ether oxygens (including phenoxy) is 3. The van der Waals surface area contributed by atoms with E-state index < -0.39 is 6.29 Å². The fourth-order valence-electron chi connectivity index (χ4n) is 3.73. The molecule has 1 atom stereocenters. The Balaban J connectivity index is 1.78. The molecular formula is C23H27NO7. The molecule has 1 N–H and O–H groups in total. The highest BCUT2D eigenvalue weighted by molar-refractivity contribution is 5.65. The summed E-state index contributed by atoms with van der Waals surface area (Å²) in [7, 11) is 0. The molecule has 2 aliphatic heterocycles. The average molecular weight is 429 g/mol. The molecule has 166 valence electrons. The normalized spacial score (nSPS) is 18.4. The van der Waals surface area contributed by atoms with Crippen molar-refractivity contribution >= 4 is 5.76 Å². The lowest BCUT2D eigenvalue weighted by atomic mass is 10.1. The SMILES string of the molecule is Cc1c(OCc2ccccc2)c(=O)c(OC2CCCCO2)c(C2=CCOO2)n1CCO. The predicted molar refractivity (Wildman–Crippen MR) is 113 cm³/mol. The summed E-state index contributed by atoms with van der Waals surface area (Å²) in [5, 5.41) is 9.69. The first-order valence-electron chi connectivity index (χ1n) is 10.5. The van der Waals surface area contributed by atoms with Crippen molar-refractivity contribution in [2.45, 2.75) is 45.6 Å². The van der Waals surface area contributed by atoms with Gasteiger partial charge in [0.05, 0.1) is 18.9 Å². The van der Waals surface area contributed by atoms with Gasteiger partial charge in [0, 0.05) is 13.0 Å². The van der Waals surface area contributed by atoms with Gasteiger partial charge in [0.2, 0.25) is 5.75 Å². The molecule has 1 unspecified atom stereocenters. The number of nitrogens with zero attached hydrogens (tertiary/aromatic N) is 1. The first-order chi connectivity index (χ1) is 15.2. The van der Waals surface area contributed by atoms with E-state index in [4.69, 9.17) is 24.0 Å². The number of aliphatic hydroxyl groups is 1. The molecule has 0 bridgehead atoms. The van der Waals surface area contributed by atoms with E-state index in [1.807, 2.05) is 30.3 Å². The van der Waals surface area contributed by atoms with E-state index in [2.05, 4.69) is 0 Å². The van der Waals surface area contributed by atoms with Crippen LogP contribution in [0.2, 0.25) is 0 Å². The highest BCUT2D eigenvalue weighted by Crippen LogP contribution is 2.33. The number of aliphatic hydroxyl groups excluding tert-OH is 1. The lowest BCUT2D eigenvalue weighted by molar-refractivity contribution is -0.209. The van der Waals surface area contributed by atoms with Crippen LogP contribution in [0.4, 0.5) is 0 Å². The molecule has 1 saturated heterocycles. The van der Waals surface area contributed by atoms with Crippen molar-refractivity contribution in [1.82, 2.24) is 4.57 Å². The topological polar surface area (TPSA) is 88.4 Å². The summed E-state index contributed by atoms with van der Waals surface area (Å²) in [6.07, 6.45) is 3.79. The van der Waals surface area contributed by atoms with Crippen molar-refractivity contribution in [2.24, 2.45) is 0 Å². The minimum absolute atomic E-state index is 0.0748. The Bertz CT molecular complexity index is 978. The van der Waals surface area contributed by atoms with Gasteiger partial charge in [0.1, 0.15) is 18.9 Å². The number of hydrogen-bond acceptors (Lipinski definition) is 7. The molecule has 0 spiro atoms. The summed E-state index contributed by atoms with van der Waals surface area (Å²) < 4.78 is 19.5. The summed E-state index contributed by atoms with van der Waals surface area (Å²) >= 11 is 0. The Labute approximate surface area is 180 Å². The lowest BCUT2D eigenvalue weighted by Crippen LogP contribution is -2.30. The summed E-state index contributed by atoms with van der Waals surface area (Å²) in [5.74, 6) is 0.617. The molecule has 8 heteroatoms. The minimum atomic E-state index is -0.532. The van der Waals surface area contributed by atoms with Crippen LogP contribution < -0.4 is 14.9 Å². The first-order valence-corrected chi connectivity index (χ1v) is 10.5. The molecule has 0 amide bonds. The fraction of sp³-hybridized carbons (Fsp3) is 0.435. The molecule has 8 nitrogen and oxygen atoms in total. The summed E-state index contributed by atoms with van der Waals surface area (Å²) in [5.41, 5.74) is 1.53. The Kier molecular flexibility index (Phi) is 6.91. The maximum Gasteiger partial charge on any atom is 0.266 e. The van der Waals surface area contributed by atoms with Gasteiger partial charge in [-0.1, -0.05) is 30.3 Å². The van der Waals surface area contributed by atoms with Crippen LogP contribution in [0, 0.1) is 6.92 Å². The summed E-state index contributed by atoms with van der Waals surface area (Å²) in [4.78, 5) is 23.8. The van der Waals surface area contributed by atoms with Gasteiger partial charge in [-0.15, -0.1) is 0 Å². The van der Waals surface area contributed by atoms with E-state index in [1.165, 1.54) is 0 Å². The van der Waals surface area contributed by atoms with Crippen LogP contribution in [0.25, 0.3) is 5.76 Å². The van der Waals surface area contributed by atoms with E-state index in [-0.39, 0.29) is 43.3 Å². The molecule has 4 rings (SSSR count). The quantitative estimate of drug-likeness (QED) is 0.646. The highest BCUT2D eigenvalue weighted by Gasteiger charge is 2.30. The van der Waals surface area contributed by atoms with Crippen molar-refractivity contribution < 1.29 is 29.1 Å². The Morgan fingerprint density at radius 1 is 1.19 bits per heavy atom. The van der Waals surface area contributed by atoms with Gasteiger partial charge in [0.15, 0.2) is 17.8 Å². The van der Waals surface area contributed by atoms with Crippen LogP contribution in [0.1, 0.15) is 36.2 Å². The third kappa shape index (κ3) is 4.76. The number of rotatable bonds is 8. The molecule has 1 aromatic carbocycles. The Hall–Kier alpha value is -2.81. The lowest BCUT2D eigenvalue weighted by Gasteiger charge is -2.27. The van der Waals surface area contributed by atoms with Crippen molar-refractivity contribution in [1.29, 1.82) is 0 Å². The van der Waals surface area contributed by atoms with E-state index in [9.17, 15) is 9.90 Å². The molecule has 31 heavy (non-hydrogen) atoms. The molecule has 1 aromatic heterocycles. The van der Waals surface area contributed by atoms with E-state index in [0.717, 1.165) is 18.4 Å².